The fourth-order valence-corrected chi connectivity index (χ4v) is 8.14. The second-order valence-corrected chi connectivity index (χ2v) is 19.2. The molecule has 402 valence electrons. The van der Waals surface area contributed by atoms with Crippen LogP contribution >= 0.6 is 0 Å². The van der Waals surface area contributed by atoms with E-state index in [9.17, 15) is 69.3 Å². The molecule has 22 nitrogen and oxygen atoms in total. The van der Waals surface area contributed by atoms with Gasteiger partial charge in [-0.1, -0.05) is 42.0 Å². The van der Waals surface area contributed by atoms with E-state index in [2.05, 4.69) is 0 Å². The Morgan fingerprint density at radius 1 is 0.487 bits per heavy atom. The van der Waals surface area contributed by atoms with Crippen molar-refractivity contribution < 1.29 is 93.0 Å². The van der Waals surface area contributed by atoms with Crippen molar-refractivity contribution in [3.05, 3.63) is 143 Å². The van der Waals surface area contributed by atoms with E-state index in [1.54, 1.807) is 0 Å². The number of aromatic carboxylic acids is 2. The Balaban J connectivity index is 1.40. The fourth-order valence-electron chi connectivity index (χ4n) is 7.56. The van der Waals surface area contributed by atoms with Gasteiger partial charge in [0.05, 0.1) is 35.8 Å². The molecule has 0 aliphatic heterocycles. The maximum atomic E-state index is 12.4. The number of hydrogen-bond donors (Lipinski definition) is 0. The first-order valence-corrected chi connectivity index (χ1v) is 24.9. The Morgan fingerprint density at radius 3 is 1.34 bits per heavy atom. The maximum Gasteiger partial charge on any atom is 0.120 e. The van der Waals surface area contributed by atoms with Crippen LogP contribution in [-0.2, 0) is 43.6 Å². The number of carboxylic acid groups (broad SMARTS) is 7. The molecule has 2 atom stereocenters. The predicted molar refractivity (Wildman–Crippen MR) is 252 cm³/mol. The summed E-state index contributed by atoms with van der Waals surface area (Å²) < 4.78 is 31.0. The standard InChI is InChI=1S/C53H56N3O19.Bi/c1-34-7-9-37(10-8-34)31-72-41-16-18-46(44(23-41)53(69)70)74-33-42(32-73-45-17-15-40(22-43(45)52(67)68)71-30-36-5-3-2-4-6-36)75-39-13-11-35(12-14-39)21-38(56(28-50(63)64)29-51(65)66)24-54(25-47(57)58)19-20-55(26-48(59)60)27-49(61)62;/h3-18,22-23,38,42H,19-21,24-33H2,1H3,(H,57,58)(H,59,60)(H,61,62)(H,63,64)(H,65,66)(H,67,68)(H,69,70);/p-7. The van der Waals surface area contributed by atoms with E-state index >= 15 is 0 Å². The molecule has 5 aromatic rings. The van der Waals surface area contributed by atoms with Crippen molar-refractivity contribution in [3.8, 4) is 28.7 Å². The third-order valence-corrected chi connectivity index (χ3v) is 12.4. The molecule has 76 heavy (non-hydrogen) atoms. The molecule has 2 unspecified atom stereocenters. The van der Waals surface area contributed by atoms with E-state index in [1.165, 1.54) is 65.6 Å². The first kappa shape index (κ1) is 59.0. The number of aryl methyl sites for hydroxylation is 1. The number of carbonyl (C=O) groups excluding carboxylic acids is 7. The minimum Gasteiger partial charge on any atom is -0.549 e. The Morgan fingerprint density at radius 2 is 0.895 bits per heavy atom. The molecule has 0 fully saturated rings. The number of nitrogens with zero attached hydrogens (tertiary/aromatic N) is 3. The van der Waals surface area contributed by atoms with E-state index in [0.717, 1.165) is 54.5 Å². The van der Waals surface area contributed by atoms with Crippen LogP contribution in [0.1, 0.15) is 43.0 Å². The van der Waals surface area contributed by atoms with Crippen molar-refractivity contribution in [2.45, 2.75) is 38.7 Å². The molecule has 0 bridgehead atoms. The molecule has 23 heteroatoms. The van der Waals surface area contributed by atoms with Gasteiger partial charge in [-0.2, -0.15) is 0 Å². The van der Waals surface area contributed by atoms with Gasteiger partial charge in [0.25, 0.3) is 0 Å². The van der Waals surface area contributed by atoms with Crippen LogP contribution in [0.15, 0.2) is 109 Å². The number of benzene rings is 5. The third kappa shape index (κ3) is 20.5. The first-order chi connectivity index (χ1) is 36.2. The number of ether oxygens (including phenoxy) is 5. The van der Waals surface area contributed by atoms with Gasteiger partial charge in [-0.15, -0.1) is 0 Å². The summed E-state index contributed by atoms with van der Waals surface area (Å²) in [5, 5.41) is 82.8. The van der Waals surface area contributed by atoms with Crippen LogP contribution in [0.25, 0.3) is 0 Å². The Hall–Kier alpha value is -7.85. The molecule has 0 aliphatic carbocycles. The van der Waals surface area contributed by atoms with E-state index in [1.807, 2.05) is 55.5 Å². The molecule has 0 saturated carbocycles. The van der Waals surface area contributed by atoms with E-state index < -0.39 is 99.9 Å². The Kier molecular flexibility index (Phi) is 22.8. The van der Waals surface area contributed by atoms with Gasteiger partial charge >= 0.3 is 132 Å². The molecule has 0 N–H and O–H groups in total. The zero-order valence-electron chi connectivity index (χ0n) is 40.8. The summed E-state index contributed by atoms with van der Waals surface area (Å²) in [4.78, 5) is 85.9. The second kappa shape index (κ2) is 29.3. The van der Waals surface area contributed by atoms with Crippen molar-refractivity contribution in [2.75, 3.05) is 65.6 Å². The molecule has 0 spiro atoms. The number of carboxylic acids is 7. The summed E-state index contributed by atoms with van der Waals surface area (Å²) in [6, 6.07) is 28.2. The van der Waals surface area contributed by atoms with Crippen molar-refractivity contribution in [2.24, 2.45) is 0 Å². The van der Waals surface area contributed by atoms with Gasteiger partial charge in [0.15, 0.2) is 6.10 Å². The van der Waals surface area contributed by atoms with Gasteiger partial charge in [-0.25, -0.2) is 0 Å². The molecule has 5 rings (SSSR count). The van der Waals surface area contributed by atoms with Gasteiger partial charge in [0.1, 0.15) is 30.5 Å². The fraction of sp³-hybridized carbons (Fsp3) is 0.302. The zero-order valence-corrected chi connectivity index (χ0v) is 44.3. The molecule has 2 radical (unpaired) electrons. The van der Waals surface area contributed by atoms with Crippen LogP contribution in [0.3, 0.4) is 0 Å². The van der Waals surface area contributed by atoms with Crippen LogP contribution in [-0.4, -0.2) is 159 Å². The summed E-state index contributed by atoms with van der Waals surface area (Å²) in [6.07, 6.45) is -1.29. The smallest absolute Gasteiger partial charge is 0.120 e. The quantitative estimate of drug-likeness (QED) is 0.0346. The van der Waals surface area contributed by atoms with Crippen LogP contribution in [0.5, 0.6) is 28.7 Å². The average Bonchev–Trinajstić information content (AvgIpc) is 3.35. The monoisotopic (exact) mass is 1240 g/mol. The topological polar surface area (TPSA) is 337 Å². The van der Waals surface area contributed by atoms with Gasteiger partial charge in [0.2, 0.25) is 0 Å². The van der Waals surface area contributed by atoms with Crippen LogP contribution < -0.4 is 62.7 Å². The van der Waals surface area contributed by atoms with E-state index in [4.69, 9.17) is 23.7 Å². The minimum atomic E-state index is -1.69. The summed E-state index contributed by atoms with van der Waals surface area (Å²) in [6.45, 7) is -4.09. The number of hydrogen-bond acceptors (Lipinski definition) is 22. The number of carbonyl (C=O) groups is 7. The van der Waals surface area contributed by atoms with Gasteiger partial charge in [0, 0.05) is 64.0 Å². The van der Waals surface area contributed by atoms with Crippen molar-refractivity contribution in [3.63, 3.8) is 0 Å². The molecule has 0 aromatic heterocycles. The molecule has 0 amide bonds. The second-order valence-electron chi connectivity index (χ2n) is 17.2. The predicted octanol–water partition coefficient (Wildman–Crippen LogP) is -5.85. The Bertz CT molecular complexity index is 2650. The van der Waals surface area contributed by atoms with Gasteiger partial charge < -0.3 is 73.6 Å². The first-order valence-electron chi connectivity index (χ1n) is 23.2. The summed E-state index contributed by atoms with van der Waals surface area (Å²) in [5.74, 6) is -11.1. The van der Waals surface area contributed by atoms with Crippen molar-refractivity contribution >= 4 is 69.8 Å². The minimum absolute atomic E-state index is 0.134. The number of aliphatic carboxylic acids is 5. The normalized spacial score (nSPS) is 11.9. The largest absolute Gasteiger partial charge is 0.549 e. The van der Waals surface area contributed by atoms with Gasteiger partial charge in [-0.3, -0.25) is 14.7 Å². The summed E-state index contributed by atoms with van der Waals surface area (Å²) >= 11 is 1.08. The zero-order chi connectivity index (χ0) is 55.3. The summed E-state index contributed by atoms with van der Waals surface area (Å²) in [5.41, 5.74) is 2.42. The SMILES string of the molecule is Cc1ccc(COc2ccc(OCC(COc3ccc(OCc4cc[c]([Bi])cc4)cc3C(=O)[O-])Oc3ccc(CC(CN(CCN(CC(=O)[O-])CC(=O)[O-])CC(=O)[O-])N(CC(=O)[O-])CC(=O)[O-])cc3)c(C(=O)[O-])c2)cc1. The third-order valence-electron chi connectivity index (χ3n) is 11.2. The molecule has 0 heterocycles. The van der Waals surface area contributed by atoms with Gasteiger partial charge in [-0.05, 0) is 54.8 Å². The van der Waals surface area contributed by atoms with Crippen molar-refractivity contribution in [1.82, 2.24) is 14.7 Å². The molecule has 0 saturated heterocycles. The number of rotatable bonds is 34. The molecular formula is C53H49BiN3O19-7. The average molecular weight is 1240 g/mol. The Labute approximate surface area is 451 Å². The van der Waals surface area contributed by atoms with Crippen LogP contribution in [0.2, 0.25) is 0 Å². The van der Waals surface area contributed by atoms with Crippen LogP contribution in [0.4, 0.5) is 0 Å². The van der Waals surface area contributed by atoms with Crippen LogP contribution in [0, 0.1) is 6.92 Å². The van der Waals surface area contributed by atoms with E-state index in [-0.39, 0.29) is 79.1 Å². The molecule has 0 aliphatic rings. The molecule has 5 aromatic carbocycles. The molecular weight excluding hydrogens is 1190 g/mol. The van der Waals surface area contributed by atoms with Crippen molar-refractivity contribution in [1.29, 1.82) is 0 Å². The van der Waals surface area contributed by atoms with E-state index in [0.29, 0.717) is 5.56 Å². The summed E-state index contributed by atoms with van der Waals surface area (Å²) in [7, 11) is 0. The maximum absolute atomic E-state index is 12.4.